The van der Waals surface area contributed by atoms with Crippen molar-refractivity contribution >= 4 is 18.3 Å². The Morgan fingerprint density at radius 3 is 2.86 bits per heavy atom. The molecule has 6 heteroatoms. The zero-order valence-corrected chi connectivity index (χ0v) is 13.1. The highest BCUT2D eigenvalue weighted by molar-refractivity contribution is 5.92. The number of hydrogen-bond acceptors (Lipinski definition) is 4. The first-order valence-electron chi connectivity index (χ1n) is 6.99. The molecule has 2 aromatic rings. The molecule has 1 aliphatic heterocycles. The van der Waals surface area contributed by atoms with Crippen molar-refractivity contribution in [3.05, 3.63) is 54.0 Å². The summed E-state index contributed by atoms with van der Waals surface area (Å²) < 4.78 is 10.7. The van der Waals surface area contributed by atoms with Gasteiger partial charge in [-0.1, -0.05) is 18.2 Å². The molecule has 1 unspecified atom stereocenters. The number of piperazine rings is 1. The van der Waals surface area contributed by atoms with Crippen LogP contribution in [0.5, 0.6) is 5.75 Å². The summed E-state index contributed by atoms with van der Waals surface area (Å²) in [6.07, 6.45) is 1.52. The van der Waals surface area contributed by atoms with E-state index in [0.29, 0.717) is 18.8 Å². The van der Waals surface area contributed by atoms with E-state index in [2.05, 4.69) is 5.32 Å². The quantitative estimate of drug-likeness (QED) is 0.943. The van der Waals surface area contributed by atoms with E-state index in [0.717, 1.165) is 17.9 Å². The maximum atomic E-state index is 12.6. The molecule has 1 aromatic carbocycles. The number of ether oxygens (including phenoxy) is 1. The molecular weight excluding hydrogens is 304 g/mol. The number of rotatable bonds is 3. The highest BCUT2D eigenvalue weighted by Crippen LogP contribution is 2.31. The van der Waals surface area contributed by atoms with Crippen molar-refractivity contribution in [3.8, 4) is 5.75 Å². The Labute approximate surface area is 135 Å². The first-order valence-corrected chi connectivity index (χ1v) is 6.99. The van der Waals surface area contributed by atoms with E-state index in [-0.39, 0.29) is 24.4 Å². The fourth-order valence-corrected chi connectivity index (χ4v) is 2.71. The third-order valence-corrected chi connectivity index (χ3v) is 3.73. The molecule has 2 heterocycles. The van der Waals surface area contributed by atoms with Gasteiger partial charge in [0.1, 0.15) is 5.75 Å². The third-order valence-electron chi connectivity index (χ3n) is 3.73. The molecule has 0 spiro atoms. The van der Waals surface area contributed by atoms with Gasteiger partial charge in [-0.05, 0) is 18.2 Å². The number of para-hydroxylation sites is 1. The molecule has 1 fully saturated rings. The van der Waals surface area contributed by atoms with E-state index in [1.165, 1.54) is 6.26 Å². The minimum atomic E-state index is -0.0857. The van der Waals surface area contributed by atoms with Crippen LogP contribution < -0.4 is 10.1 Å². The lowest BCUT2D eigenvalue weighted by molar-refractivity contribution is 0.0599. The summed E-state index contributed by atoms with van der Waals surface area (Å²) in [5.41, 5.74) is 1.01. The number of amides is 1. The van der Waals surface area contributed by atoms with E-state index in [1.54, 1.807) is 19.2 Å². The second-order valence-corrected chi connectivity index (χ2v) is 4.94. The minimum Gasteiger partial charge on any atom is -0.496 e. The SMILES string of the molecule is COc1ccccc1C1CNCCN1C(=O)c1ccco1.Cl. The van der Waals surface area contributed by atoms with Crippen LogP contribution in [0.2, 0.25) is 0 Å². The van der Waals surface area contributed by atoms with E-state index in [9.17, 15) is 4.79 Å². The van der Waals surface area contributed by atoms with Crippen molar-refractivity contribution in [1.82, 2.24) is 10.2 Å². The van der Waals surface area contributed by atoms with Crippen molar-refractivity contribution in [1.29, 1.82) is 0 Å². The van der Waals surface area contributed by atoms with Crippen LogP contribution in [0, 0.1) is 0 Å². The van der Waals surface area contributed by atoms with Gasteiger partial charge in [0.15, 0.2) is 5.76 Å². The fourth-order valence-electron chi connectivity index (χ4n) is 2.71. The molecule has 1 saturated heterocycles. The summed E-state index contributed by atoms with van der Waals surface area (Å²) in [4.78, 5) is 14.4. The van der Waals surface area contributed by atoms with Crippen molar-refractivity contribution < 1.29 is 13.9 Å². The molecular formula is C16H19ClN2O3. The van der Waals surface area contributed by atoms with Crippen LogP contribution in [0.1, 0.15) is 22.2 Å². The van der Waals surface area contributed by atoms with Crippen LogP contribution in [0.15, 0.2) is 47.1 Å². The molecule has 0 radical (unpaired) electrons. The first kappa shape index (κ1) is 16.4. The van der Waals surface area contributed by atoms with Gasteiger partial charge in [-0.15, -0.1) is 12.4 Å². The molecule has 22 heavy (non-hydrogen) atoms. The Morgan fingerprint density at radius 1 is 1.32 bits per heavy atom. The number of furan rings is 1. The molecule has 1 aromatic heterocycles. The number of nitrogens with zero attached hydrogens (tertiary/aromatic N) is 1. The van der Waals surface area contributed by atoms with Gasteiger partial charge in [0.25, 0.3) is 5.91 Å². The van der Waals surface area contributed by atoms with E-state index in [1.807, 2.05) is 29.2 Å². The average molecular weight is 323 g/mol. The average Bonchev–Trinajstić information content (AvgIpc) is 3.08. The lowest BCUT2D eigenvalue weighted by atomic mass is 10.0. The molecule has 0 bridgehead atoms. The minimum absolute atomic E-state index is 0. The third kappa shape index (κ3) is 3.10. The van der Waals surface area contributed by atoms with Gasteiger partial charge in [-0.3, -0.25) is 4.79 Å². The van der Waals surface area contributed by atoms with Gasteiger partial charge >= 0.3 is 0 Å². The number of methoxy groups -OCH3 is 1. The number of halogens is 1. The summed E-state index contributed by atoms with van der Waals surface area (Å²) in [7, 11) is 1.65. The monoisotopic (exact) mass is 322 g/mol. The molecule has 0 saturated carbocycles. The molecule has 1 aliphatic rings. The van der Waals surface area contributed by atoms with Crippen LogP contribution in [0.25, 0.3) is 0 Å². The van der Waals surface area contributed by atoms with Crippen LogP contribution in [-0.4, -0.2) is 37.6 Å². The Bertz CT molecular complexity index is 616. The van der Waals surface area contributed by atoms with E-state index in [4.69, 9.17) is 9.15 Å². The molecule has 0 aliphatic carbocycles. The number of hydrogen-bond donors (Lipinski definition) is 1. The molecule has 118 valence electrons. The molecule has 1 N–H and O–H groups in total. The highest BCUT2D eigenvalue weighted by atomic mass is 35.5. The lowest BCUT2D eigenvalue weighted by Gasteiger charge is -2.36. The first-order chi connectivity index (χ1) is 10.3. The number of nitrogens with one attached hydrogen (secondary N) is 1. The number of carbonyl (C=O) groups excluding carboxylic acids is 1. The molecule has 1 atom stereocenters. The fraction of sp³-hybridized carbons (Fsp3) is 0.312. The van der Waals surface area contributed by atoms with Crippen molar-refractivity contribution in [2.45, 2.75) is 6.04 Å². The Kier molecular flexibility index (Phi) is 5.46. The summed E-state index contributed by atoms with van der Waals surface area (Å²) in [6.45, 7) is 2.12. The summed E-state index contributed by atoms with van der Waals surface area (Å²) >= 11 is 0. The summed E-state index contributed by atoms with van der Waals surface area (Å²) in [5.74, 6) is 1.08. The second-order valence-electron chi connectivity index (χ2n) is 4.94. The van der Waals surface area contributed by atoms with Gasteiger partial charge in [0.2, 0.25) is 0 Å². The van der Waals surface area contributed by atoms with Crippen molar-refractivity contribution in [3.63, 3.8) is 0 Å². The number of carbonyl (C=O) groups is 1. The van der Waals surface area contributed by atoms with Crippen molar-refractivity contribution in [2.24, 2.45) is 0 Å². The summed E-state index contributed by atoms with van der Waals surface area (Å²) in [6, 6.07) is 11.2. The molecule has 3 rings (SSSR count). The maximum Gasteiger partial charge on any atom is 0.290 e. The van der Waals surface area contributed by atoms with Gasteiger partial charge in [-0.25, -0.2) is 0 Å². The Balaban J connectivity index is 0.00000176. The van der Waals surface area contributed by atoms with E-state index < -0.39 is 0 Å². The maximum absolute atomic E-state index is 12.6. The van der Waals surface area contributed by atoms with Crippen LogP contribution in [0.3, 0.4) is 0 Å². The van der Waals surface area contributed by atoms with Gasteiger partial charge in [0.05, 0.1) is 19.4 Å². The molecule has 5 nitrogen and oxygen atoms in total. The Hall–Kier alpha value is -1.98. The van der Waals surface area contributed by atoms with Crippen LogP contribution >= 0.6 is 12.4 Å². The topological polar surface area (TPSA) is 54.7 Å². The Morgan fingerprint density at radius 2 is 2.14 bits per heavy atom. The molecule has 1 amide bonds. The van der Waals surface area contributed by atoms with Crippen LogP contribution in [0.4, 0.5) is 0 Å². The standard InChI is InChI=1S/C16H18N2O3.ClH/c1-20-14-6-3-2-5-12(14)13-11-17-8-9-18(13)16(19)15-7-4-10-21-15;/h2-7,10,13,17H,8-9,11H2,1H3;1H. The van der Waals surface area contributed by atoms with Gasteiger partial charge < -0.3 is 19.4 Å². The predicted molar refractivity (Wildman–Crippen MR) is 85.6 cm³/mol. The summed E-state index contributed by atoms with van der Waals surface area (Å²) in [5, 5.41) is 3.33. The van der Waals surface area contributed by atoms with Gasteiger partial charge in [-0.2, -0.15) is 0 Å². The normalized spacial score (nSPS) is 17.7. The largest absolute Gasteiger partial charge is 0.496 e. The smallest absolute Gasteiger partial charge is 0.290 e. The zero-order chi connectivity index (χ0) is 14.7. The van der Waals surface area contributed by atoms with Gasteiger partial charge in [0, 0.05) is 25.2 Å². The van der Waals surface area contributed by atoms with Crippen molar-refractivity contribution in [2.75, 3.05) is 26.7 Å². The number of benzene rings is 1. The van der Waals surface area contributed by atoms with Crippen LogP contribution in [-0.2, 0) is 0 Å². The highest BCUT2D eigenvalue weighted by Gasteiger charge is 2.31. The predicted octanol–water partition coefficient (Wildman–Crippen LogP) is 2.50. The second kappa shape index (κ2) is 7.33. The zero-order valence-electron chi connectivity index (χ0n) is 12.3. The van der Waals surface area contributed by atoms with E-state index >= 15 is 0 Å². The lowest BCUT2D eigenvalue weighted by Crippen LogP contribution is -2.48.